The van der Waals surface area contributed by atoms with Crippen molar-refractivity contribution in [3.8, 4) is 0 Å². The number of hydrogen-bond donors (Lipinski definition) is 3. The van der Waals surface area contributed by atoms with Crippen LogP contribution in [0.4, 0.5) is 0 Å². The molecule has 1 aromatic rings. The zero-order chi connectivity index (χ0) is 13.7. The average Bonchev–Trinajstić information content (AvgIpc) is 2.92. The molecule has 19 heavy (non-hydrogen) atoms. The molecule has 1 fully saturated rings. The standard InChI is InChI=1S/C13H20N4O2/c14-7-10-3-2-6-17(8-10)9-12(18)16-13(19)11-4-1-5-15-11/h1,4-5,10,15H,2-3,6-9,14H2,(H,16,18,19). The molecular formula is C13H20N4O2. The molecule has 0 aliphatic carbocycles. The van der Waals surface area contributed by atoms with Gasteiger partial charge in [-0.15, -0.1) is 0 Å². The molecule has 2 amide bonds. The van der Waals surface area contributed by atoms with Crippen molar-refractivity contribution in [3.63, 3.8) is 0 Å². The lowest BCUT2D eigenvalue weighted by molar-refractivity contribution is -0.121. The predicted molar refractivity (Wildman–Crippen MR) is 71.5 cm³/mol. The highest BCUT2D eigenvalue weighted by Gasteiger charge is 2.21. The molecule has 1 aromatic heterocycles. The van der Waals surface area contributed by atoms with Gasteiger partial charge < -0.3 is 10.7 Å². The Balaban J connectivity index is 1.79. The first-order valence-corrected chi connectivity index (χ1v) is 6.59. The lowest BCUT2D eigenvalue weighted by Crippen LogP contribution is -2.45. The Morgan fingerprint density at radius 3 is 3.05 bits per heavy atom. The maximum atomic E-state index is 11.8. The molecule has 2 rings (SSSR count). The van der Waals surface area contributed by atoms with Gasteiger partial charge in [-0.2, -0.15) is 0 Å². The molecular weight excluding hydrogens is 244 g/mol. The van der Waals surface area contributed by atoms with Gasteiger partial charge in [0.1, 0.15) is 5.69 Å². The Labute approximate surface area is 112 Å². The van der Waals surface area contributed by atoms with Crippen molar-refractivity contribution in [2.24, 2.45) is 11.7 Å². The third kappa shape index (κ3) is 3.90. The van der Waals surface area contributed by atoms with Gasteiger partial charge in [0.05, 0.1) is 6.54 Å². The Kier molecular flexibility index (Phi) is 4.70. The first-order chi connectivity index (χ1) is 9.19. The van der Waals surface area contributed by atoms with Crippen LogP contribution in [0, 0.1) is 5.92 Å². The van der Waals surface area contributed by atoms with Crippen LogP contribution in [-0.4, -0.2) is 47.9 Å². The summed E-state index contributed by atoms with van der Waals surface area (Å²) in [6.45, 7) is 2.63. The number of H-pyrrole nitrogens is 1. The topological polar surface area (TPSA) is 91.2 Å². The van der Waals surface area contributed by atoms with Crippen molar-refractivity contribution >= 4 is 11.8 Å². The number of likely N-dealkylation sites (tertiary alicyclic amines) is 1. The Morgan fingerprint density at radius 1 is 1.53 bits per heavy atom. The van der Waals surface area contributed by atoms with E-state index in [2.05, 4.69) is 15.2 Å². The molecule has 0 radical (unpaired) electrons. The molecule has 1 atom stereocenters. The van der Waals surface area contributed by atoms with Crippen molar-refractivity contribution in [1.29, 1.82) is 0 Å². The molecule has 2 heterocycles. The van der Waals surface area contributed by atoms with E-state index >= 15 is 0 Å². The molecule has 6 nitrogen and oxygen atoms in total. The molecule has 0 spiro atoms. The highest BCUT2D eigenvalue weighted by Crippen LogP contribution is 2.14. The second-order valence-corrected chi connectivity index (χ2v) is 4.94. The number of piperidine rings is 1. The van der Waals surface area contributed by atoms with Crippen LogP contribution < -0.4 is 11.1 Å². The van der Waals surface area contributed by atoms with Gasteiger partial charge in [-0.1, -0.05) is 0 Å². The molecule has 0 aromatic carbocycles. The van der Waals surface area contributed by atoms with Gasteiger partial charge in [0.2, 0.25) is 5.91 Å². The number of amides is 2. The van der Waals surface area contributed by atoms with Gasteiger partial charge in [0.25, 0.3) is 5.91 Å². The van der Waals surface area contributed by atoms with Gasteiger partial charge in [-0.3, -0.25) is 19.8 Å². The van der Waals surface area contributed by atoms with Gasteiger partial charge >= 0.3 is 0 Å². The van der Waals surface area contributed by atoms with Crippen LogP contribution in [0.2, 0.25) is 0 Å². The first-order valence-electron chi connectivity index (χ1n) is 6.59. The van der Waals surface area contributed by atoms with E-state index in [-0.39, 0.29) is 18.4 Å². The number of carbonyl (C=O) groups excluding carboxylic acids is 2. The number of aromatic amines is 1. The zero-order valence-electron chi connectivity index (χ0n) is 10.9. The fourth-order valence-corrected chi connectivity index (χ4v) is 2.40. The molecule has 4 N–H and O–H groups in total. The van der Waals surface area contributed by atoms with Crippen molar-refractivity contribution in [1.82, 2.24) is 15.2 Å². The maximum absolute atomic E-state index is 11.8. The summed E-state index contributed by atoms with van der Waals surface area (Å²) in [5.74, 6) is -0.194. The lowest BCUT2D eigenvalue weighted by Gasteiger charge is -2.31. The number of imide groups is 1. The summed E-state index contributed by atoms with van der Waals surface area (Å²) in [5.41, 5.74) is 6.05. The monoisotopic (exact) mass is 264 g/mol. The molecule has 1 saturated heterocycles. The SMILES string of the molecule is NCC1CCCN(CC(=O)NC(=O)c2ccc[nH]2)C1. The summed E-state index contributed by atoms with van der Waals surface area (Å²) in [7, 11) is 0. The number of carbonyl (C=O) groups is 2. The Morgan fingerprint density at radius 2 is 2.37 bits per heavy atom. The van der Waals surface area contributed by atoms with E-state index in [9.17, 15) is 9.59 Å². The highest BCUT2D eigenvalue weighted by molar-refractivity contribution is 6.04. The minimum absolute atomic E-state index is 0.253. The van der Waals surface area contributed by atoms with Crippen molar-refractivity contribution in [3.05, 3.63) is 24.0 Å². The highest BCUT2D eigenvalue weighted by atomic mass is 16.2. The van der Waals surface area contributed by atoms with Crippen LogP contribution in [-0.2, 0) is 4.79 Å². The van der Waals surface area contributed by atoms with Crippen molar-refractivity contribution < 1.29 is 9.59 Å². The summed E-state index contributed by atoms with van der Waals surface area (Å²) >= 11 is 0. The maximum Gasteiger partial charge on any atom is 0.274 e. The molecule has 1 unspecified atom stereocenters. The van der Waals surface area contributed by atoms with E-state index in [1.807, 2.05) is 0 Å². The van der Waals surface area contributed by atoms with Crippen molar-refractivity contribution in [2.75, 3.05) is 26.2 Å². The van der Waals surface area contributed by atoms with Crippen molar-refractivity contribution in [2.45, 2.75) is 12.8 Å². The second kappa shape index (κ2) is 6.49. The smallest absolute Gasteiger partial charge is 0.274 e. The second-order valence-electron chi connectivity index (χ2n) is 4.94. The number of nitrogens with zero attached hydrogens (tertiary/aromatic N) is 1. The van der Waals surface area contributed by atoms with Crippen LogP contribution in [0.25, 0.3) is 0 Å². The molecule has 0 bridgehead atoms. The minimum atomic E-state index is -0.387. The number of nitrogens with one attached hydrogen (secondary N) is 2. The fraction of sp³-hybridized carbons (Fsp3) is 0.538. The number of nitrogens with two attached hydrogens (primary N) is 1. The zero-order valence-corrected chi connectivity index (χ0v) is 10.9. The number of hydrogen-bond acceptors (Lipinski definition) is 4. The Hall–Kier alpha value is -1.66. The predicted octanol–water partition coefficient (Wildman–Crippen LogP) is -0.0582. The van der Waals surface area contributed by atoms with E-state index in [4.69, 9.17) is 5.73 Å². The first kappa shape index (κ1) is 13.8. The Bertz CT molecular complexity index is 430. The van der Waals surface area contributed by atoms with Gasteiger partial charge in [-0.05, 0) is 44.0 Å². The molecule has 6 heteroatoms. The van der Waals surface area contributed by atoms with E-state index in [1.54, 1.807) is 18.3 Å². The third-order valence-electron chi connectivity index (χ3n) is 3.40. The average molecular weight is 264 g/mol. The molecule has 0 saturated carbocycles. The summed E-state index contributed by atoms with van der Waals surface area (Å²) in [6.07, 6.45) is 3.83. The normalized spacial score (nSPS) is 20.2. The molecule has 1 aliphatic heterocycles. The summed E-state index contributed by atoms with van der Waals surface area (Å²) in [5, 5.41) is 2.38. The quantitative estimate of drug-likeness (QED) is 0.710. The third-order valence-corrected chi connectivity index (χ3v) is 3.40. The van der Waals surface area contributed by atoms with Gasteiger partial charge in [-0.25, -0.2) is 0 Å². The lowest BCUT2D eigenvalue weighted by atomic mass is 9.98. The van der Waals surface area contributed by atoms with Crippen LogP contribution in [0.1, 0.15) is 23.3 Å². The molecule has 104 valence electrons. The van der Waals surface area contributed by atoms with Gasteiger partial charge in [0.15, 0.2) is 0 Å². The van der Waals surface area contributed by atoms with Gasteiger partial charge in [0, 0.05) is 12.7 Å². The summed E-state index contributed by atoms with van der Waals surface area (Å²) < 4.78 is 0. The van der Waals surface area contributed by atoms with Crippen LogP contribution >= 0.6 is 0 Å². The largest absolute Gasteiger partial charge is 0.357 e. The van der Waals surface area contributed by atoms with Crippen LogP contribution in [0.15, 0.2) is 18.3 Å². The van der Waals surface area contributed by atoms with Crippen LogP contribution in [0.3, 0.4) is 0 Å². The van der Waals surface area contributed by atoms with E-state index < -0.39 is 0 Å². The minimum Gasteiger partial charge on any atom is -0.357 e. The number of rotatable bonds is 4. The number of aromatic nitrogens is 1. The van der Waals surface area contributed by atoms with E-state index in [0.717, 1.165) is 25.9 Å². The van der Waals surface area contributed by atoms with E-state index in [0.29, 0.717) is 18.2 Å². The fourth-order valence-electron chi connectivity index (χ4n) is 2.40. The molecule has 1 aliphatic rings. The summed E-state index contributed by atoms with van der Waals surface area (Å²) in [6, 6.07) is 3.35. The summed E-state index contributed by atoms with van der Waals surface area (Å²) in [4.78, 5) is 28.3. The van der Waals surface area contributed by atoms with Crippen LogP contribution in [0.5, 0.6) is 0 Å². The van der Waals surface area contributed by atoms with E-state index in [1.165, 1.54) is 0 Å².